The van der Waals surface area contributed by atoms with E-state index in [2.05, 4.69) is 4.74 Å². The highest BCUT2D eigenvalue weighted by Crippen LogP contribution is 2.33. The van der Waals surface area contributed by atoms with Crippen LogP contribution in [-0.2, 0) is 4.74 Å². The number of aromatic nitrogens is 1. The molecule has 10 heteroatoms. The zero-order valence-corrected chi connectivity index (χ0v) is 12.9. The minimum atomic E-state index is -0.854. The molecule has 0 atom stereocenters. The van der Waals surface area contributed by atoms with Crippen LogP contribution in [0, 0.1) is 32.8 Å². The van der Waals surface area contributed by atoms with Gasteiger partial charge in [0.1, 0.15) is 12.1 Å². The molecular formula is C14H8ClN5O4. The fourth-order valence-electron chi connectivity index (χ4n) is 2.11. The molecule has 0 spiro atoms. The van der Waals surface area contributed by atoms with Crippen molar-refractivity contribution in [3.63, 3.8) is 0 Å². The first-order valence-corrected chi connectivity index (χ1v) is 6.61. The zero-order valence-electron chi connectivity index (χ0n) is 12.1. The van der Waals surface area contributed by atoms with Crippen LogP contribution in [-0.4, -0.2) is 22.6 Å². The third kappa shape index (κ3) is 2.60. The second-order valence-electron chi connectivity index (χ2n) is 4.47. The summed E-state index contributed by atoms with van der Waals surface area (Å²) in [5.41, 5.74) is 4.81. The molecule has 2 aromatic rings. The molecule has 2 rings (SSSR count). The molecule has 0 amide bonds. The molecule has 0 aliphatic carbocycles. The Bertz CT molecular complexity index is 952. The average Bonchev–Trinajstić information content (AvgIpc) is 2.89. The number of ether oxygens (including phenoxy) is 1. The van der Waals surface area contributed by atoms with E-state index in [0.717, 1.165) is 23.8 Å². The number of carbonyl (C=O) groups is 1. The van der Waals surface area contributed by atoms with Gasteiger partial charge in [-0.3, -0.25) is 10.1 Å². The van der Waals surface area contributed by atoms with Crippen molar-refractivity contribution in [2.45, 2.75) is 0 Å². The summed E-state index contributed by atoms with van der Waals surface area (Å²) < 4.78 is 5.74. The van der Waals surface area contributed by atoms with Crippen molar-refractivity contribution in [2.75, 3.05) is 12.8 Å². The first-order chi connectivity index (χ1) is 11.3. The lowest BCUT2D eigenvalue weighted by Crippen LogP contribution is -2.12. The Morgan fingerprint density at radius 3 is 2.50 bits per heavy atom. The van der Waals surface area contributed by atoms with E-state index in [-0.39, 0.29) is 38.9 Å². The summed E-state index contributed by atoms with van der Waals surface area (Å²) in [6.45, 7) is 0. The molecule has 2 N–H and O–H groups in total. The number of esters is 1. The number of anilines is 1. The fourth-order valence-corrected chi connectivity index (χ4v) is 2.42. The van der Waals surface area contributed by atoms with Crippen LogP contribution in [0.2, 0.25) is 5.02 Å². The van der Waals surface area contributed by atoms with Crippen molar-refractivity contribution in [1.29, 1.82) is 10.5 Å². The fraction of sp³-hybridized carbons (Fsp3) is 0.0714. The van der Waals surface area contributed by atoms with E-state index in [9.17, 15) is 20.2 Å². The van der Waals surface area contributed by atoms with E-state index in [4.69, 9.17) is 22.6 Å². The number of nitrogens with zero attached hydrogens (tertiary/aromatic N) is 4. The van der Waals surface area contributed by atoms with E-state index in [1.807, 2.05) is 0 Å². The van der Waals surface area contributed by atoms with Crippen molar-refractivity contribution < 1.29 is 14.5 Å². The summed E-state index contributed by atoms with van der Waals surface area (Å²) in [5.74, 6) is -0.854. The van der Waals surface area contributed by atoms with Gasteiger partial charge in [-0.05, 0) is 0 Å². The normalized spacial score (nSPS) is 9.83. The molecular weight excluding hydrogens is 338 g/mol. The molecule has 1 aromatic heterocycles. The van der Waals surface area contributed by atoms with Crippen LogP contribution in [0.3, 0.4) is 0 Å². The number of nitriles is 2. The number of hydrogen-bond acceptors (Lipinski definition) is 7. The number of non-ortho nitro benzene ring substituents is 1. The Labute approximate surface area is 140 Å². The van der Waals surface area contributed by atoms with Gasteiger partial charge in [-0.2, -0.15) is 10.5 Å². The molecule has 0 aliphatic heterocycles. The molecule has 0 saturated carbocycles. The summed E-state index contributed by atoms with van der Waals surface area (Å²) in [4.78, 5) is 22.2. The van der Waals surface area contributed by atoms with Crippen LogP contribution in [0.4, 0.5) is 11.4 Å². The summed E-state index contributed by atoms with van der Waals surface area (Å²) >= 11 is 6.06. The van der Waals surface area contributed by atoms with Crippen LogP contribution in [0.25, 0.3) is 5.69 Å². The predicted molar refractivity (Wildman–Crippen MR) is 82.6 cm³/mol. The second-order valence-corrected chi connectivity index (χ2v) is 4.88. The summed E-state index contributed by atoms with van der Waals surface area (Å²) in [7, 11) is 1.12. The Morgan fingerprint density at radius 2 is 2.00 bits per heavy atom. The van der Waals surface area contributed by atoms with Gasteiger partial charge in [0.05, 0.1) is 39.6 Å². The summed E-state index contributed by atoms with van der Waals surface area (Å²) in [6, 6.07) is 5.61. The van der Waals surface area contributed by atoms with Crippen molar-refractivity contribution in [3.05, 3.63) is 50.3 Å². The Kier molecular flexibility index (Phi) is 4.40. The van der Waals surface area contributed by atoms with E-state index in [0.29, 0.717) is 0 Å². The maximum absolute atomic E-state index is 12.0. The van der Waals surface area contributed by atoms with Gasteiger partial charge in [0.25, 0.3) is 5.69 Å². The lowest BCUT2D eigenvalue weighted by Gasteiger charge is -2.11. The number of rotatable bonds is 3. The van der Waals surface area contributed by atoms with E-state index < -0.39 is 10.9 Å². The molecule has 0 radical (unpaired) electrons. The zero-order chi connectivity index (χ0) is 18.0. The standard InChI is InChI=1S/C14H8ClN5O4/c1-24-14(21)13-11(18)8(5-17)6-19(13)12-7(4-16)2-9(20(22)23)3-10(12)15/h2-3,6H,18H2,1H3. The molecule has 1 heterocycles. The highest BCUT2D eigenvalue weighted by Gasteiger charge is 2.26. The van der Waals surface area contributed by atoms with E-state index in [1.54, 1.807) is 12.1 Å². The third-order valence-corrected chi connectivity index (χ3v) is 3.45. The van der Waals surface area contributed by atoms with E-state index >= 15 is 0 Å². The van der Waals surface area contributed by atoms with Gasteiger partial charge < -0.3 is 15.0 Å². The third-order valence-electron chi connectivity index (χ3n) is 3.16. The molecule has 0 bridgehead atoms. The van der Waals surface area contributed by atoms with Gasteiger partial charge in [0.15, 0.2) is 5.69 Å². The molecule has 0 saturated heterocycles. The van der Waals surface area contributed by atoms with Gasteiger partial charge in [-0.15, -0.1) is 0 Å². The first kappa shape index (κ1) is 16.8. The minimum Gasteiger partial charge on any atom is -0.464 e. The van der Waals surface area contributed by atoms with Crippen LogP contribution in [0.5, 0.6) is 0 Å². The van der Waals surface area contributed by atoms with Gasteiger partial charge in [-0.25, -0.2) is 4.79 Å². The Morgan fingerprint density at radius 1 is 1.38 bits per heavy atom. The quantitative estimate of drug-likeness (QED) is 0.508. The van der Waals surface area contributed by atoms with Crippen molar-refractivity contribution in [3.8, 4) is 17.8 Å². The monoisotopic (exact) mass is 345 g/mol. The SMILES string of the molecule is COC(=O)c1c(N)c(C#N)cn1-c1c(Cl)cc([N+](=O)[O-])cc1C#N. The number of nitro groups is 1. The number of carbonyl (C=O) groups excluding carboxylic acids is 1. The molecule has 120 valence electrons. The number of hydrogen-bond donors (Lipinski definition) is 1. The Balaban J connectivity index is 2.88. The van der Waals surface area contributed by atoms with Crippen LogP contribution in [0.15, 0.2) is 18.3 Å². The largest absolute Gasteiger partial charge is 0.464 e. The van der Waals surface area contributed by atoms with Crippen LogP contribution < -0.4 is 5.73 Å². The Hall–Kier alpha value is -3.56. The number of halogens is 1. The molecule has 0 fully saturated rings. The predicted octanol–water partition coefficient (Wildman–Crippen LogP) is 2.15. The smallest absolute Gasteiger partial charge is 0.357 e. The highest BCUT2D eigenvalue weighted by molar-refractivity contribution is 6.33. The topological polar surface area (TPSA) is 148 Å². The van der Waals surface area contributed by atoms with Gasteiger partial charge >= 0.3 is 5.97 Å². The number of nitrogen functional groups attached to an aromatic ring is 1. The van der Waals surface area contributed by atoms with Crippen molar-refractivity contribution >= 4 is 28.9 Å². The molecule has 0 unspecified atom stereocenters. The van der Waals surface area contributed by atoms with Gasteiger partial charge in [-0.1, -0.05) is 11.6 Å². The highest BCUT2D eigenvalue weighted by atomic mass is 35.5. The number of methoxy groups -OCH3 is 1. The second kappa shape index (κ2) is 6.28. The number of benzene rings is 1. The minimum absolute atomic E-state index is 0.0154. The molecule has 24 heavy (non-hydrogen) atoms. The average molecular weight is 346 g/mol. The summed E-state index contributed by atoms with van der Waals surface area (Å²) in [6.07, 6.45) is 1.20. The molecule has 9 nitrogen and oxygen atoms in total. The lowest BCUT2D eigenvalue weighted by atomic mass is 10.1. The number of nitrogens with two attached hydrogens (primary N) is 1. The van der Waals surface area contributed by atoms with E-state index in [1.165, 1.54) is 6.20 Å². The lowest BCUT2D eigenvalue weighted by molar-refractivity contribution is -0.384. The van der Waals surface area contributed by atoms with Crippen molar-refractivity contribution in [1.82, 2.24) is 4.57 Å². The summed E-state index contributed by atoms with van der Waals surface area (Å²) in [5, 5.41) is 29.1. The van der Waals surface area contributed by atoms with Gasteiger partial charge in [0, 0.05) is 18.3 Å². The van der Waals surface area contributed by atoms with Gasteiger partial charge in [0.2, 0.25) is 0 Å². The first-order valence-electron chi connectivity index (χ1n) is 6.23. The molecule has 0 aliphatic rings. The van der Waals surface area contributed by atoms with Crippen LogP contribution in [0.1, 0.15) is 21.6 Å². The maximum atomic E-state index is 12.0. The van der Waals surface area contributed by atoms with Crippen LogP contribution >= 0.6 is 11.6 Å². The number of nitro benzene ring substituents is 1. The molecule has 1 aromatic carbocycles. The maximum Gasteiger partial charge on any atom is 0.357 e. The van der Waals surface area contributed by atoms with Crippen molar-refractivity contribution in [2.24, 2.45) is 0 Å².